The van der Waals surface area contributed by atoms with Crippen LogP contribution in [-0.4, -0.2) is 26.4 Å². The summed E-state index contributed by atoms with van der Waals surface area (Å²) in [6.45, 7) is 7.29. The maximum atomic E-state index is 13.2. The molecule has 0 aliphatic carbocycles. The average Bonchev–Trinajstić information content (AvgIpc) is 2.37. The standard InChI is InChI=1S/C14H22FNO2/c1-3-7-16-11-12-10-13(15)5-6-14(12)18-9-8-17-4-2/h5-6,10,16H,3-4,7-9,11H2,1-2H3. The number of rotatable bonds is 9. The molecule has 0 saturated carbocycles. The van der Waals surface area contributed by atoms with E-state index in [1.54, 1.807) is 6.07 Å². The fourth-order valence-electron chi connectivity index (χ4n) is 1.58. The first-order valence-electron chi connectivity index (χ1n) is 6.47. The zero-order valence-electron chi connectivity index (χ0n) is 11.2. The van der Waals surface area contributed by atoms with Gasteiger partial charge in [0.1, 0.15) is 18.2 Å². The molecule has 1 aromatic rings. The summed E-state index contributed by atoms with van der Waals surface area (Å²) in [5.41, 5.74) is 0.847. The van der Waals surface area contributed by atoms with Gasteiger partial charge in [-0.2, -0.15) is 0 Å². The zero-order valence-corrected chi connectivity index (χ0v) is 11.2. The van der Waals surface area contributed by atoms with Crippen LogP contribution in [0, 0.1) is 5.82 Å². The van der Waals surface area contributed by atoms with Crippen LogP contribution in [0.25, 0.3) is 0 Å². The molecular weight excluding hydrogens is 233 g/mol. The van der Waals surface area contributed by atoms with Gasteiger partial charge in [0.25, 0.3) is 0 Å². The number of hydrogen-bond donors (Lipinski definition) is 1. The van der Waals surface area contributed by atoms with Crippen molar-refractivity contribution in [3.05, 3.63) is 29.6 Å². The van der Waals surface area contributed by atoms with E-state index in [0.29, 0.717) is 26.4 Å². The van der Waals surface area contributed by atoms with Crippen molar-refractivity contribution in [1.29, 1.82) is 0 Å². The molecular formula is C14H22FNO2. The van der Waals surface area contributed by atoms with Crippen molar-refractivity contribution in [1.82, 2.24) is 5.32 Å². The van der Waals surface area contributed by atoms with E-state index >= 15 is 0 Å². The third kappa shape index (κ3) is 5.47. The molecule has 0 fully saturated rings. The second kappa shape index (κ2) is 8.89. The maximum Gasteiger partial charge on any atom is 0.124 e. The highest BCUT2D eigenvalue weighted by Crippen LogP contribution is 2.19. The molecule has 0 saturated heterocycles. The Bertz CT molecular complexity index is 345. The molecule has 1 aromatic carbocycles. The Kier molecular flexibility index (Phi) is 7.37. The van der Waals surface area contributed by atoms with Crippen LogP contribution < -0.4 is 10.1 Å². The van der Waals surface area contributed by atoms with Crippen molar-refractivity contribution >= 4 is 0 Å². The van der Waals surface area contributed by atoms with Gasteiger partial charge in [-0.15, -0.1) is 0 Å². The van der Waals surface area contributed by atoms with Gasteiger partial charge in [0.15, 0.2) is 0 Å². The average molecular weight is 255 g/mol. The van der Waals surface area contributed by atoms with Crippen molar-refractivity contribution in [2.45, 2.75) is 26.8 Å². The number of hydrogen-bond acceptors (Lipinski definition) is 3. The van der Waals surface area contributed by atoms with Crippen molar-refractivity contribution < 1.29 is 13.9 Å². The minimum absolute atomic E-state index is 0.236. The summed E-state index contributed by atoms with van der Waals surface area (Å²) in [4.78, 5) is 0. The summed E-state index contributed by atoms with van der Waals surface area (Å²) in [6.07, 6.45) is 1.05. The summed E-state index contributed by atoms with van der Waals surface area (Å²) >= 11 is 0. The number of nitrogens with one attached hydrogen (secondary N) is 1. The fourth-order valence-corrected chi connectivity index (χ4v) is 1.58. The van der Waals surface area contributed by atoms with Crippen molar-refractivity contribution in [2.75, 3.05) is 26.4 Å². The van der Waals surface area contributed by atoms with Crippen LogP contribution in [-0.2, 0) is 11.3 Å². The van der Waals surface area contributed by atoms with Gasteiger partial charge in [-0.3, -0.25) is 0 Å². The first-order chi connectivity index (χ1) is 8.77. The Morgan fingerprint density at radius 2 is 2.06 bits per heavy atom. The summed E-state index contributed by atoms with van der Waals surface area (Å²) in [7, 11) is 0. The summed E-state index contributed by atoms with van der Waals surface area (Å²) in [6, 6.07) is 4.60. The van der Waals surface area contributed by atoms with Crippen LogP contribution in [0.4, 0.5) is 4.39 Å². The third-order valence-electron chi connectivity index (χ3n) is 2.45. The van der Waals surface area contributed by atoms with Crippen molar-refractivity contribution in [2.24, 2.45) is 0 Å². The molecule has 0 atom stereocenters. The molecule has 0 aliphatic heterocycles. The molecule has 1 N–H and O–H groups in total. The summed E-state index contributed by atoms with van der Waals surface area (Å²) in [5.74, 6) is 0.486. The fraction of sp³-hybridized carbons (Fsp3) is 0.571. The molecule has 4 heteroatoms. The van der Waals surface area contributed by atoms with E-state index in [1.807, 2.05) is 6.92 Å². The Morgan fingerprint density at radius 3 is 2.78 bits per heavy atom. The summed E-state index contributed by atoms with van der Waals surface area (Å²) < 4.78 is 24.0. The summed E-state index contributed by atoms with van der Waals surface area (Å²) in [5, 5.41) is 3.24. The van der Waals surface area contributed by atoms with E-state index in [-0.39, 0.29) is 5.82 Å². The molecule has 0 aromatic heterocycles. The van der Waals surface area contributed by atoms with Crippen LogP contribution >= 0.6 is 0 Å². The Morgan fingerprint density at radius 1 is 1.22 bits per heavy atom. The van der Waals surface area contributed by atoms with Gasteiger partial charge in [-0.1, -0.05) is 6.92 Å². The minimum Gasteiger partial charge on any atom is -0.491 e. The Labute approximate surface area is 108 Å². The zero-order chi connectivity index (χ0) is 13.2. The van der Waals surface area contributed by atoms with E-state index < -0.39 is 0 Å². The smallest absolute Gasteiger partial charge is 0.124 e. The van der Waals surface area contributed by atoms with E-state index in [1.165, 1.54) is 12.1 Å². The second-order valence-corrected chi connectivity index (χ2v) is 3.97. The molecule has 0 heterocycles. The second-order valence-electron chi connectivity index (χ2n) is 3.97. The molecule has 0 bridgehead atoms. The Hall–Kier alpha value is -1.13. The van der Waals surface area contributed by atoms with Gasteiger partial charge in [0, 0.05) is 18.7 Å². The molecule has 1 rings (SSSR count). The Balaban J connectivity index is 2.52. The van der Waals surface area contributed by atoms with Gasteiger partial charge in [-0.25, -0.2) is 4.39 Å². The molecule has 3 nitrogen and oxygen atoms in total. The highest BCUT2D eigenvalue weighted by atomic mass is 19.1. The van der Waals surface area contributed by atoms with E-state index in [2.05, 4.69) is 12.2 Å². The number of halogens is 1. The quantitative estimate of drug-likeness (QED) is 0.688. The van der Waals surface area contributed by atoms with Gasteiger partial charge in [0.2, 0.25) is 0 Å². The predicted molar refractivity (Wildman–Crippen MR) is 70.4 cm³/mol. The molecule has 0 aliphatic rings. The van der Waals surface area contributed by atoms with Crippen molar-refractivity contribution in [3.8, 4) is 5.75 Å². The van der Waals surface area contributed by atoms with Gasteiger partial charge in [0.05, 0.1) is 6.61 Å². The normalized spacial score (nSPS) is 10.6. The highest BCUT2D eigenvalue weighted by Gasteiger charge is 2.05. The molecule has 0 spiro atoms. The third-order valence-corrected chi connectivity index (χ3v) is 2.45. The molecule has 0 unspecified atom stereocenters. The van der Waals surface area contributed by atoms with Gasteiger partial charge in [-0.05, 0) is 38.1 Å². The molecule has 18 heavy (non-hydrogen) atoms. The van der Waals surface area contributed by atoms with E-state index in [9.17, 15) is 4.39 Å². The van der Waals surface area contributed by atoms with Crippen LogP contribution in [0.1, 0.15) is 25.8 Å². The SMILES string of the molecule is CCCNCc1cc(F)ccc1OCCOCC. The number of ether oxygens (including phenoxy) is 2. The van der Waals surface area contributed by atoms with Crippen LogP contribution in [0.3, 0.4) is 0 Å². The van der Waals surface area contributed by atoms with Crippen LogP contribution in [0.15, 0.2) is 18.2 Å². The minimum atomic E-state index is -0.236. The largest absolute Gasteiger partial charge is 0.491 e. The maximum absolute atomic E-state index is 13.2. The monoisotopic (exact) mass is 255 g/mol. The molecule has 0 radical (unpaired) electrons. The first kappa shape index (κ1) is 14.9. The van der Waals surface area contributed by atoms with Gasteiger partial charge >= 0.3 is 0 Å². The topological polar surface area (TPSA) is 30.5 Å². The van der Waals surface area contributed by atoms with E-state index in [4.69, 9.17) is 9.47 Å². The van der Waals surface area contributed by atoms with Crippen molar-refractivity contribution in [3.63, 3.8) is 0 Å². The number of benzene rings is 1. The van der Waals surface area contributed by atoms with Crippen LogP contribution in [0.5, 0.6) is 5.75 Å². The first-order valence-corrected chi connectivity index (χ1v) is 6.47. The lowest BCUT2D eigenvalue weighted by Crippen LogP contribution is -2.15. The lowest BCUT2D eigenvalue weighted by Gasteiger charge is -2.12. The van der Waals surface area contributed by atoms with E-state index in [0.717, 1.165) is 24.3 Å². The van der Waals surface area contributed by atoms with Gasteiger partial charge < -0.3 is 14.8 Å². The van der Waals surface area contributed by atoms with Crippen LogP contribution in [0.2, 0.25) is 0 Å². The lowest BCUT2D eigenvalue weighted by molar-refractivity contribution is 0.109. The lowest BCUT2D eigenvalue weighted by atomic mass is 10.2. The molecule has 102 valence electrons. The predicted octanol–water partition coefficient (Wildman–Crippen LogP) is 2.74. The molecule has 0 amide bonds. The highest BCUT2D eigenvalue weighted by molar-refractivity contribution is 5.33.